The van der Waals surface area contributed by atoms with Crippen LogP contribution in [-0.2, 0) is 0 Å². The Hall–Kier alpha value is -0.710. The summed E-state index contributed by atoms with van der Waals surface area (Å²) >= 11 is 19.4. The van der Waals surface area contributed by atoms with Crippen LogP contribution in [0, 0.1) is 0 Å². The first kappa shape index (κ1) is 13.3. The lowest BCUT2D eigenvalue weighted by atomic mass is 10.1. The highest BCUT2D eigenvalue weighted by atomic mass is 35.5. The highest BCUT2D eigenvalue weighted by molar-refractivity contribution is 7.20. The molecule has 0 saturated heterocycles. The molecule has 1 unspecified atom stereocenters. The average molecular weight is 333 g/mol. The largest absolute Gasteiger partial charge is 0.457 e. The maximum absolute atomic E-state index is 6.17. The summed E-state index contributed by atoms with van der Waals surface area (Å²) in [5, 5.41) is 1.47. The molecule has 2 N–H and O–H groups in total. The molecule has 2 nitrogen and oxygen atoms in total. The van der Waals surface area contributed by atoms with E-state index >= 15 is 0 Å². The van der Waals surface area contributed by atoms with Gasteiger partial charge in [-0.25, -0.2) is 0 Å². The van der Waals surface area contributed by atoms with E-state index in [2.05, 4.69) is 0 Å². The second kappa shape index (κ2) is 5.00. The van der Waals surface area contributed by atoms with E-state index in [1.165, 1.54) is 11.3 Å². The number of benzene rings is 1. The van der Waals surface area contributed by atoms with Crippen molar-refractivity contribution >= 4 is 57.1 Å². The lowest BCUT2D eigenvalue weighted by molar-refractivity contribution is 0.526. The molecule has 19 heavy (non-hydrogen) atoms. The molecule has 0 amide bonds. The fourth-order valence-corrected chi connectivity index (χ4v) is 3.69. The summed E-state index contributed by atoms with van der Waals surface area (Å²) in [6.07, 6.45) is 0. The predicted molar refractivity (Wildman–Crippen MR) is 81.6 cm³/mol. The summed E-state index contributed by atoms with van der Waals surface area (Å²) in [6, 6.07) is 8.73. The van der Waals surface area contributed by atoms with Gasteiger partial charge in [0, 0.05) is 10.9 Å². The normalized spacial score (nSPS) is 13.1. The van der Waals surface area contributed by atoms with Crippen LogP contribution in [0.15, 0.2) is 34.7 Å². The highest BCUT2D eigenvalue weighted by Gasteiger charge is 2.20. The first-order valence-corrected chi connectivity index (χ1v) is 7.39. The van der Waals surface area contributed by atoms with Gasteiger partial charge < -0.3 is 10.2 Å². The molecular formula is C13H8Cl3NOS. The minimum absolute atomic E-state index is 0.459. The Morgan fingerprint density at radius 1 is 1.16 bits per heavy atom. The van der Waals surface area contributed by atoms with Gasteiger partial charge in [0.25, 0.3) is 0 Å². The molecule has 0 saturated carbocycles. The number of rotatable bonds is 2. The number of hydrogen-bond donors (Lipinski definition) is 1. The van der Waals surface area contributed by atoms with E-state index < -0.39 is 6.04 Å². The molecule has 1 atom stereocenters. The second-order valence-corrected chi connectivity index (χ2v) is 6.76. The number of thiophene rings is 1. The van der Waals surface area contributed by atoms with Crippen LogP contribution >= 0.6 is 46.1 Å². The molecule has 2 aromatic heterocycles. The zero-order chi connectivity index (χ0) is 13.6. The van der Waals surface area contributed by atoms with Crippen molar-refractivity contribution in [3.63, 3.8) is 0 Å². The van der Waals surface area contributed by atoms with Gasteiger partial charge >= 0.3 is 0 Å². The third-order valence-electron chi connectivity index (χ3n) is 2.84. The van der Waals surface area contributed by atoms with Crippen LogP contribution in [0.1, 0.15) is 17.4 Å². The van der Waals surface area contributed by atoms with Crippen molar-refractivity contribution in [3.8, 4) is 0 Å². The Morgan fingerprint density at radius 2 is 1.95 bits per heavy atom. The lowest BCUT2D eigenvalue weighted by Gasteiger charge is -2.06. The zero-order valence-electron chi connectivity index (χ0n) is 9.49. The monoisotopic (exact) mass is 331 g/mol. The second-order valence-electron chi connectivity index (χ2n) is 4.06. The van der Waals surface area contributed by atoms with Crippen molar-refractivity contribution in [2.75, 3.05) is 0 Å². The molecule has 0 fully saturated rings. The first-order valence-electron chi connectivity index (χ1n) is 5.44. The van der Waals surface area contributed by atoms with Gasteiger partial charge in [0.2, 0.25) is 0 Å². The summed E-state index contributed by atoms with van der Waals surface area (Å²) < 4.78 is 6.90. The summed E-state index contributed by atoms with van der Waals surface area (Å²) in [5.74, 6) is 0.611. The van der Waals surface area contributed by atoms with Crippen LogP contribution in [0.5, 0.6) is 0 Å². The Balaban J connectivity index is 2.09. The van der Waals surface area contributed by atoms with E-state index in [-0.39, 0.29) is 0 Å². The standard InChI is InChI=1S/C13H8Cl3NOS/c14-8-3-1-2-6-4-9(18-12(6)8)11(17)7-5-10(15)19-13(7)16/h1-5,11H,17H2. The molecule has 0 aliphatic heterocycles. The van der Waals surface area contributed by atoms with Crippen LogP contribution in [-0.4, -0.2) is 0 Å². The van der Waals surface area contributed by atoms with E-state index in [1.807, 2.05) is 18.2 Å². The van der Waals surface area contributed by atoms with Gasteiger partial charge in [-0.2, -0.15) is 0 Å². The number of hydrogen-bond acceptors (Lipinski definition) is 3. The molecule has 0 spiro atoms. The number of halogens is 3. The van der Waals surface area contributed by atoms with Crippen molar-refractivity contribution in [2.24, 2.45) is 5.73 Å². The predicted octanol–water partition coefficient (Wildman–Crippen LogP) is 5.50. The topological polar surface area (TPSA) is 39.2 Å². The fourth-order valence-electron chi connectivity index (χ4n) is 1.92. The molecule has 0 aliphatic rings. The van der Waals surface area contributed by atoms with E-state index in [0.717, 1.165) is 10.9 Å². The molecule has 6 heteroatoms. The Morgan fingerprint density at radius 3 is 2.58 bits per heavy atom. The van der Waals surface area contributed by atoms with Crippen LogP contribution in [0.25, 0.3) is 11.0 Å². The molecule has 3 rings (SSSR count). The Kier molecular flexibility index (Phi) is 3.50. The molecular weight excluding hydrogens is 325 g/mol. The van der Waals surface area contributed by atoms with Crippen LogP contribution in [0.2, 0.25) is 13.7 Å². The number of furan rings is 1. The summed E-state index contributed by atoms with van der Waals surface area (Å²) in [7, 11) is 0. The average Bonchev–Trinajstić information content (AvgIpc) is 2.93. The number of nitrogens with two attached hydrogens (primary N) is 1. The van der Waals surface area contributed by atoms with Crippen LogP contribution < -0.4 is 5.73 Å². The summed E-state index contributed by atoms with van der Waals surface area (Å²) in [5.41, 5.74) is 7.56. The Labute approximate surface area is 128 Å². The lowest BCUT2D eigenvalue weighted by Crippen LogP contribution is -2.10. The van der Waals surface area contributed by atoms with Gasteiger partial charge in [-0.05, 0) is 18.2 Å². The first-order chi connectivity index (χ1) is 9.06. The number of fused-ring (bicyclic) bond motifs is 1. The summed E-state index contributed by atoms with van der Waals surface area (Å²) in [4.78, 5) is 0. The van der Waals surface area contributed by atoms with E-state index in [1.54, 1.807) is 12.1 Å². The van der Waals surface area contributed by atoms with Crippen LogP contribution in [0.3, 0.4) is 0 Å². The molecule has 2 heterocycles. The van der Waals surface area contributed by atoms with Crippen molar-refractivity contribution < 1.29 is 4.42 Å². The molecule has 3 aromatic rings. The summed E-state index contributed by atoms with van der Waals surface area (Å²) in [6.45, 7) is 0. The third kappa shape index (κ3) is 2.37. The smallest absolute Gasteiger partial charge is 0.152 e. The Bertz CT molecular complexity index is 750. The molecule has 0 bridgehead atoms. The van der Waals surface area contributed by atoms with Gasteiger partial charge in [-0.3, -0.25) is 0 Å². The molecule has 98 valence electrons. The van der Waals surface area contributed by atoms with Crippen molar-refractivity contribution in [2.45, 2.75) is 6.04 Å². The highest BCUT2D eigenvalue weighted by Crippen LogP contribution is 2.38. The maximum atomic E-state index is 6.17. The van der Waals surface area contributed by atoms with Gasteiger partial charge in [0.05, 0.1) is 19.7 Å². The maximum Gasteiger partial charge on any atom is 0.152 e. The van der Waals surface area contributed by atoms with Gasteiger partial charge in [0.15, 0.2) is 5.58 Å². The molecule has 0 aliphatic carbocycles. The van der Waals surface area contributed by atoms with Gasteiger partial charge in [0.1, 0.15) is 5.76 Å². The third-order valence-corrected chi connectivity index (χ3v) is 4.66. The van der Waals surface area contributed by atoms with E-state index in [0.29, 0.717) is 25.0 Å². The van der Waals surface area contributed by atoms with Crippen molar-refractivity contribution in [1.82, 2.24) is 0 Å². The quantitative estimate of drug-likeness (QED) is 0.672. The zero-order valence-corrected chi connectivity index (χ0v) is 12.6. The van der Waals surface area contributed by atoms with Crippen molar-refractivity contribution in [3.05, 3.63) is 55.4 Å². The minimum atomic E-state index is -0.459. The number of para-hydroxylation sites is 1. The minimum Gasteiger partial charge on any atom is -0.457 e. The molecule has 0 radical (unpaired) electrons. The van der Waals surface area contributed by atoms with Crippen molar-refractivity contribution in [1.29, 1.82) is 0 Å². The van der Waals surface area contributed by atoms with Gasteiger partial charge in [-0.15, -0.1) is 11.3 Å². The molecule has 1 aromatic carbocycles. The fraction of sp³-hybridized carbons (Fsp3) is 0.0769. The van der Waals surface area contributed by atoms with Gasteiger partial charge in [-0.1, -0.05) is 46.9 Å². The van der Waals surface area contributed by atoms with E-state index in [4.69, 9.17) is 45.0 Å². The van der Waals surface area contributed by atoms with Crippen LogP contribution in [0.4, 0.5) is 0 Å². The van der Waals surface area contributed by atoms with E-state index in [9.17, 15) is 0 Å². The SMILES string of the molecule is NC(c1cc2cccc(Cl)c2o1)c1cc(Cl)sc1Cl.